The van der Waals surface area contributed by atoms with Gasteiger partial charge in [0.05, 0.1) is 7.11 Å². The molecule has 0 radical (unpaired) electrons. The summed E-state index contributed by atoms with van der Waals surface area (Å²) < 4.78 is 5.16. The number of carbonyl (C=O) groups is 2. The average Bonchev–Trinajstić information content (AvgIpc) is 2.52. The fourth-order valence-corrected chi connectivity index (χ4v) is 2.75. The van der Waals surface area contributed by atoms with Crippen LogP contribution in [0.15, 0.2) is 24.3 Å². The molecule has 1 aromatic rings. The van der Waals surface area contributed by atoms with Crippen molar-refractivity contribution in [2.24, 2.45) is 11.7 Å². The zero-order valence-electron chi connectivity index (χ0n) is 12.4. The van der Waals surface area contributed by atoms with Crippen LogP contribution in [0.1, 0.15) is 29.6 Å². The summed E-state index contributed by atoms with van der Waals surface area (Å²) in [5, 5.41) is 0. The predicted molar refractivity (Wildman–Crippen MR) is 80.3 cm³/mol. The number of nitrogens with zero attached hydrogens (tertiary/aromatic N) is 1. The Morgan fingerprint density at radius 2 is 2.24 bits per heavy atom. The molecule has 0 saturated carbocycles. The Morgan fingerprint density at radius 3 is 2.95 bits per heavy atom. The second-order valence-electron chi connectivity index (χ2n) is 5.45. The number of amides is 1. The number of methoxy groups -OCH3 is 1. The molecular weight excluding hydrogens is 268 g/mol. The van der Waals surface area contributed by atoms with Crippen molar-refractivity contribution in [1.29, 1.82) is 0 Å². The molecule has 1 aliphatic rings. The highest BCUT2D eigenvalue weighted by atomic mass is 16.5. The van der Waals surface area contributed by atoms with Gasteiger partial charge >= 0.3 is 0 Å². The maximum atomic E-state index is 12.6. The zero-order valence-corrected chi connectivity index (χ0v) is 12.4. The summed E-state index contributed by atoms with van der Waals surface area (Å²) in [6, 6.07) is 7.27. The van der Waals surface area contributed by atoms with Gasteiger partial charge < -0.3 is 15.4 Å². The van der Waals surface area contributed by atoms with Gasteiger partial charge in [-0.3, -0.25) is 9.59 Å². The Balaban J connectivity index is 1.99. The Bertz CT molecular complexity index is 516. The van der Waals surface area contributed by atoms with Crippen molar-refractivity contribution in [3.05, 3.63) is 29.8 Å². The summed E-state index contributed by atoms with van der Waals surface area (Å²) in [6.07, 6.45) is 2.21. The lowest BCUT2D eigenvalue weighted by Crippen LogP contribution is -2.40. The molecule has 1 amide bonds. The number of hydrogen-bond acceptors (Lipinski definition) is 4. The lowest BCUT2D eigenvalue weighted by molar-refractivity contribution is -0.118. The molecular formula is C16H22N2O3. The van der Waals surface area contributed by atoms with Gasteiger partial charge in [-0.15, -0.1) is 0 Å². The summed E-state index contributed by atoms with van der Waals surface area (Å²) in [4.78, 5) is 25.6. The van der Waals surface area contributed by atoms with Gasteiger partial charge in [0.25, 0.3) is 0 Å². The molecule has 0 aromatic heterocycles. The van der Waals surface area contributed by atoms with Gasteiger partial charge in [0.2, 0.25) is 5.91 Å². The van der Waals surface area contributed by atoms with Gasteiger partial charge in [-0.1, -0.05) is 12.1 Å². The number of nitrogens with two attached hydrogens (primary N) is 1. The molecule has 5 heteroatoms. The van der Waals surface area contributed by atoms with Crippen LogP contribution in [-0.2, 0) is 4.79 Å². The number of rotatable bonds is 6. The smallest absolute Gasteiger partial charge is 0.218 e. The van der Waals surface area contributed by atoms with E-state index in [1.54, 1.807) is 13.2 Å². The fraction of sp³-hybridized carbons (Fsp3) is 0.500. The predicted octanol–water partition coefficient (Wildman–Crippen LogP) is 1.47. The van der Waals surface area contributed by atoms with Crippen molar-refractivity contribution >= 4 is 11.7 Å². The van der Waals surface area contributed by atoms with Crippen LogP contribution in [0, 0.1) is 5.92 Å². The maximum Gasteiger partial charge on any atom is 0.218 e. The van der Waals surface area contributed by atoms with E-state index in [9.17, 15) is 9.59 Å². The minimum absolute atomic E-state index is 0.0151. The van der Waals surface area contributed by atoms with Crippen LogP contribution in [0.4, 0.5) is 0 Å². The van der Waals surface area contributed by atoms with Crippen molar-refractivity contribution in [2.45, 2.75) is 19.3 Å². The molecule has 1 unspecified atom stereocenters. The zero-order chi connectivity index (χ0) is 15.2. The highest BCUT2D eigenvalue weighted by molar-refractivity contribution is 5.98. The van der Waals surface area contributed by atoms with Crippen molar-refractivity contribution in [3.8, 4) is 5.75 Å². The number of hydrogen-bond donors (Lipinski definition) is 1. The summed E-state index contributed by atoms with van der Waals surface area (Å²) in [5.41, 5.74) is 5.87. The highest BCUT2D eigenvalue weighted by Crippen LogP contribution is 2.23. The first-order chi connectivity index (χ1) is 10.1. The Labute approximate surface area is 125 Å². The molecule has 1 heterocycles. The van der Waals surface area contributed by atoms with E-state index in [1.165, 1.54) is 0 Å². The lowest BCUT2D eigenvalue weighted by atomic mass is 9.90. The number of likely N-dealkylation sites (tertiary alicyclic amines) is 1. The van der Waals surface area contributed by atoms with E-state index in [0.29, 0.717) is 30.8 Å². The quantitative estimate of drug-likeness (QED) is 0.805. The highest BCUT2D eigenvalue weighted by Gasteiger charge is 2.26. The van der Waals surface area contributed by atoms with Crippen molar-refractivity contribution < 1.29 is 14.3 Å². The van der Waals surface area contributed by atoms with Crippen molar-refractivity contribution in [1.82, 2.24) is 4.90 Å². The number of ketones is 1. The van der Waals surface area contributed by atoms with Gasteiger partial charge in [0.15, 0.2) is 5.78 Å². The Hall–Kier alpha value is -1.88. The summed E-state index contributed by atoms with van der Waals surface area (Å²) in [6.45, 7) is 2.26. The van der Waals surface area contributed by atoms with Crippen LogP contribution < -0.4 is 10.5 Å². The van der Waals surface area contributed by atoms with Gasteiger partial charge in [0, 0.05) is 31.0 Å². The monoisotopic (exact) mass is 290 g/mol. The van der Waals surface area contributed by atoms with Crippen molar-refractivity contribution in [2.75, 3.05) is 26.7 Å². The van der Waals surface area contributed by atoms with Crippen LogP contribution in [0.25, 0.3) is 0 Å². The SMILES string of the molecule is COc1cccc(C(=O)C2CCCN(CCC(N)=O)C2)c1. The van der Waals surface area contributed by atoms with E-state index < -0.39 is 0 Å². The van der Waals surface area contributed by atoms with E-state index in [2.05, 4.69) is 4.90 Å². The normalized spacial score (nSPS) is 19.2. The molecule has 1 aliphatic heterocycles. The molecule has 114 valence electrons. The first kappa shape index (κ1) is 15.5. The first-order valence-corrected chi connectivity index (χ1v) is 7.29. The minimum atomic E-state index is -0.295. The molecule has 1 saturated heterocycles. The number of carbonyl (C=O) groups excluding carboxylic acids is 2. The molecule has 1 aromatic carbocycles. The van der Waals surface area contributed by atoms with E-state index >= 15 is 0 Å². The molecule has 1 fully saturated rings. The average molecular weight is 290 g/mol. The Morgan fingerprint density at radius 1 is 1.43 bits per heavy atom. The largest absolute Gasteiger partial charge is 0.497 e. The number of Topliss-reactive ketones (excluding diaryl/α,β-unsaturated/α-hetero) is 1. The van der Waals surface area contributed by atoms with E-state index in [1.807, 2.05) is 18.2 Å². The number of primary amides is 1. The molecule has 0 bridgehead atoms. The van der Waals surface area contributed by atoms with Crippen molar-refractivity contribution in [3.63, 3.8) is 0 Å². The van der Waals surface area contributed by atoms with Crippen LogP contribution in [0.2, 0.25) is 0 Å². The van der Waals surface area contributed by atoms with Gasteiger partial charge in [-0.05, 0) is 31.5 Å². The lowest BCUT2D eigenvalue weighted by Gasteiger charge is -2.31. The Kier molecular flexibility index (Phi) is 5.33. The van der Waals surface area contributed by atoms with Crippen LogP contribution in [0.5, 0.6) is 5.75 Å². The maximum absolute atomic E-state index is 12.6. The van der Waals surface area contributed by atoms with Crippen LogP contribution in [0.3, 0.4) is 0 Å². The van der Waals surface area contributed by atoms with E-state index in [4.69, 9.17) is 10.5 Å². The molecule has 1 atom stereocenters. The van der Waals surface area contributed by atoms with Crippen LogP contribution in [-0.4, -0.2) is 43.3 Å². The van der Waals surface area contributed by atoms with Crippen LogP contribution >= 0.6 is 0 Å². The number of piperidine rings is 1. The minimum Gasteiger partial charge on any atom is -0.497 e. The summed E-state index contributed by atoms with van der Waals surface area (Å²) in [7, 11) is 1.59. The molecule has 2 N–H and O–H groups in total. The fourth-order valence-electron chi connectivity index (χ4n) is 2.75. The molecule has 2 rings (SSSR count). The third-order valence-electron chi connectivity index (χ3n) is 3.90. The van der Waals surface area contributed by atoms with E-state index in [-0.39, 0.29) is 17.6 Å². The van der Waals surface area contributed by atoms with Gasteiger partial charge in [-0.25, -0.2) is 0 Å². The molecule has 0 spiro atoms. The standard InChI is InChI=1S/C16H22N2O3/c1-21-14-6-2-4-12(10-14)16(20)13-5-3-8-18(11-13)9-7-15(17)19/h2,4,6,10,13H,3,5,7-9,11H2,1H3,(H2,17,19). The van der Waals surface area contributed by atoms with Gasteiger partial charge in [-0.2, -0.15) is 0 Å². The molecule has 0 aliphatic carbocycles. The summed E-state index contributed by atoms with van der Waals surface area (Å²) >= 11 is 0. The molecule has 5 nitrogen and oxygen atoms in total. The second kappa shape index (κ2) is 7.22. The number of ether oxygens (including phenoxy) is 1. The second-order valence-corrected chi connectivity index (χ2v) is 5.45. The van der Waals surface area contributed by atoms with E-state index in [0.717, 1.165) is 19.4 Å². The summed E-state index contributed by atoms with van der Waals surface area (Å²) in [5.74, 6) is 0.537. The van der Waals surface area contributed by atoms with Gasteiger partial charge in [0.1, 0.15) is 5.75 Å². The topological polar surface area (TPSA) is 72.6 Å². The first-order valence-electron chi connectivity index (χ1n) is 7.29. The third kappa shape index (κ3) is 4.29. The third-order valence-corrected chi connectivity index (χ3v) is 3.90. The molecule has 21 heavy (non-hydrogen) atoms. The number of benzene rings is 1.